The van der Waals surface area contributed by atoms with Gasteiger partial charge in [0.15, 0.2) is 0 Å². The quantitative estimate of drug-likeness (QED) is 0.733. The minimum absolute atomic E-state index is 0.00231. The highest BCUT2D eigenvalue weighted by Crippen LogP contribution is 2.17. The number of benzene rings is 1. The van der Waals surface area contributed by atoms with Crippen LogP contribution in [0.4, 0.5) is 5.69 Å². The lowest BCUT2D eigenvalue weighted by atomic mass is 10.0. The summed E-state index contributed by atoms with van der Waals surface area (Å²) in [5.41, 5.74) is 0.806. The van der Waals surface area contributed by atoms with Crippen molar-refractivity contribution in [3.05, 3.63) is 29.3 Å². The summed E-state index contributed by atoms with van der Waals surface area (Å²) in [6.45, 7) is 1.32. The molecule has 96 valence electrons. The molecule has 0 aromatic heterocycles. The Morgan fingerprint density at radius 2 is 1.89 bits per heavy atom. The molecule has 0 aliphatic heterocycles. The van der Waals surface area contributed by atoms with Gasteiger partial charge in [-0.05, 0) is 24.1 Å². The number of carboxylic acid groups (broad SMARTS) is 2. The van der Waals surface area contributed by atoms with Crippen LogP contribution in [0.25, 0.3) is 0 Å². The maximum Gasteiger partial charge on any atom is 0.336 e. The molecule has 0 heterocycles. The molecule has 0 fully saturated rings. The van der Waals surface area contributed by atoms with Crippen LogP contribution in [0.2, 0.25) is 0 Å². The third-order valence-electron chi connectivity index (χ3n) is 2.27. The first-order valence-electron chi connectivity index (χ1n) is 5.25. The van der Waals surface area contributed by atoms with Crippen LogP contribution in [0.3, 0.4) is 0 Å². The van der Waals surface area contributed by atoms with E-state index in [9.17, 15) is 14.4 Å². The van der Waals surface area contributed by atoms with E-state index in [1.54, 1.807) is 6.07 Å². The van der Waals surface area contributed by atoms with Gasteiger partial charge in [-0.3, -0.25) is 9.59 Å². The van der Waals surface area contributed by atoms with Crippen molar-refractivity contribution in [2.45, 2.75) is 19.8 Å². The average molecular weight is 251 g/mol. The summed E-state index contributed by atoms with van der Waals surface area (Å²) in [5.74, 6) is -2.44. The molecule has 1 aromatic rings. The zero-order valence-corrected chi connectivity index (χ0v) is 9.77. The summed E-state index contributed by atoms with van der Waals surface area (Å²) in [6, 6.07) is 4.38. The molecule has 0 radical (unpaired) electrons. The molecule has 6 nitrogen and oxygen atoms in total. The van der Waals surface area contributed by atoms with Gasteiger partial charge in [-0.2, -0.15) is 0 Å². The number of rotatable bonds is 5. The van der Waals surface area contributed by atoms with Crippen molar-refractivity contribution in [1.82, 2.24) is 0 Å². The molecule has 6 heteroatoms. The van der Waals surface area contributed by atoms with Crippen molar-refractivity contribution in [2.75, 3.05) is 5.32 Å². The topological polar surface area (TPSA) is 104 Å². The Labute approximate surface area is 103 Å². The smallest absolute Gasteiger partial charge is 0.336 e. The lowest BCUT2D eigenvalue weighted by molar-refractivity contribution is -0.137. The molecule has 0 atom stereocenters. The Hall–Kier alpha value is -2.37. The molecular formula is C12H13NO5. The number of aliphatic carboxylic acids is 1. The highest BCUT2D eigenvalue weighted by Gasteiger charge is 2.12. The van der Waals surface area contributed by atoms with Crippen molar-refractivity contribution in [3.63, 3.8) is 0 Å². The first-order valence-corrected chi connectivity index (χ1v) is 5.25. The molecule has 18 heavy (non-hydrogen) atoms. The van der Waals surface area contributed by atoms with E-state index in [-0.39, 0.29) is 24.3 Å². The molecule has 1 aromatic carbocycles. The molecule has 0 aliphatic rings. The number of aryl methyl sites for hydroxylation is 1. The zero-order chi connectivity index (χ0) is 13.7. The first-order chi connectivity index (χ1) is 8.40. The molecule has 0 saturated carbocycles. The van der Waals surface area contributed by atoms with Crippen LogP contribution in [0.15, 0.2) is 18.2 Å². The van der Waals surface area contributed by atoms with Crippen LogP contribution in [-0.2, 0) is 16.0 Å². The predicted molar refractivity (Wildman–Crippen MR) is 63.7 cm³/mol. The number of hydrogen-bond donors (Lipinski definition) is 3. The maximum atomic E-state index is 11.0. The van der Waals surface area contributed by atoms with Crippen LogP contribution in [0.1, 0.15) is 29.3 Å². The SMILES string of the molecule is CC(=O)Nc1ccc(CCC(=O)O)c(C(=O)O)c1. The van der Waals surface area contributed by atoms with E-state index in [1.807, 2.05) is 0 Å². The Morgan fingerprint density at radius 1 is 1.22 bits per heavy atom. The summed E-state index contributed by atoms with van der Waals surface area (Å²) >= 11 is 0. The van der Waals surface area contributed by atoms with Gasteiger partial charge >= 0.3 is 11.9 Å². The minimum atomic E-state index is -1.15. The Morgan fingerprint density at radius 3 is 2.39 bits per heavy atom. The zero-order valence-electron chi connectivity index (χ0n) is 9.77. The number of amides is 1. The fraction of sp³-hybridized carbons (Fsp3) is 0.250. The number of carboxylic acids is 2. The number of hydrogen-bond acceptors (Lipinski definition) is 3. The number of carbonyl (C=O) groups excluding carboxylic acids is 1. The number of nitrogens with one attached hydrogen (secondary N) is 1. The lowest BCUT2D eigenvalue weighted by Gasteiger charge is -2.08. The van der Waals surface area contributed by atoms with E-state index in [0.717, 1.165) is 0 Å². The fourth-order valence-electron chi connectivity index (χ4n) is 1.52. The normalized spacial score (nSPS) is 9.83. The molecule has 3 N–H and O–H groups in total. The van der Waals surface area contributed by atoms with Gasteiger partial charge in [-0.15, -0.1) is 0 Å². The lowest BCUT2D eigenvalue weighted by Crippen LogP contribution is -2.09. The van der Waals surface area contributed by atoms with Gasteiger partial charge in [0.05, 0.1) is 5.56 Å². The van der Waals surface area contributed by atoms with Gasteiger partial charge < -0.3 is 15.5 Å². The first kappa shape index (κ1) is 13.7. The molecule has 1 amide bonds. The van der Waals surface area contributed by atoms with Crippen molar-refractivity contribution < 1.29 is 24.6 Å². The number of aromatic carboxylic acids is 1. The molecule has 1 rings (SSSR count). The highest BCUT2D eigenvalue weighted by molar-refractivity contribution is 5.94. The summed E-state index contributed by atoms with van der Waals surface area (Å²) in [7, 11) is 0. The van der Waals surface area contributed by atoms with Crippen molar-refractivity contribution in [2.24, 2.45) is 0 Å². The predicted octanol–water partition coefficient (Wildman–Crippen LogP) is 1.36. The van der Waals surface area contributed by atoms with Crippen molar-refractivity contribution in [1.29, 1.82) is 0 Å². The number of carbonyl (C=O) groups is 3. The summed E-state index contributed by atoms with van der Waals surface area (Å²) in [5, 5.41) is 20.1. The van der Waals surface area contributed by atoms with E-state index in [1.165, 1.54) is 19.1 Å². The molecule has 0 spiro atoms. The maximum absolute atomic E-state index is 11.0. The van der Waals surface area contributed by atoms with E-state index < -0.39 is 11.9 Å². The van der Waals surface area contributed by atoms with Gasteiger partial charge in [-0.25, -0.2) is 4.79 Å². The van der Waals surface area contributed by atoms with Gasteiger partial charge in [0.1, 0.15) is 0 Å². The third-order valence-corrected chi connectivity index (χ3v) is 2.27. The van der Waals surface area contributed by atoms with Crippen LogP contribution >= 0.6 is 0 Å². The second-order valence-corrected chi connectivity index (χ2v) is 3.75. The van der Waals surface area contributed by atoms with Crippen molar-refractivity contribution >= 4 is 23.5 Å². The van der Waals surface area contributed by atoms with E-state index in [2.05, 4.69) is 5.32 Å². The summed E-state index contributed by atoms with van der Waals surface area (Å²) < 4.78 is 0. The van der Waals surface area contributed by atoms with Gasteiger partial charge in [0.2, 0.25) is 5.91 Å². The summed E-state index contributed by atoms with van der Waals surface area (Å²) in [4.78, 5) is 32.4. The largest absolute Gasteiger partial charge is 0.481 e. The van der Waals surface area contributed by atoms with Crippen LogP contribution in [0, 0.1) is 0 Å². The van der Waals surface area contributed by atoms with Gasteiger partial charge in [0.25, 0.3) is 0 Å². The molecule has 0 saturated heterocycles. The van der Waals surface area contributed by atoms with Crippen LogP contribution < -0.4 is 5.32 Å². The summed E-state index contributed by atoms with van der Waals surface area (Å²) in [6.07, 6.45) is -0.00290. The molecule has 0 bridgehead atoms. The third kappa shape index (κ3) is 3.89. The second-order valence-electron chi connectivity index (χ2n) is 3.75. The molecule has 0 aliphatic carbocycles. The Bertz CT molecular complexity index is 495. The Kier molecular flexibility index (Phi) is 4.42. The number of anilines is 1. The second kappa shape index (κ2) is 5.81. The van der Waals surface area contributed by atoms with Gasteiger partial charge in [-0.1, -0.05) is 6.07 Å². The average Bonchev–Trinajstić information content (AvgIpc) is 2.26. The minimum Gasteiger partial charge on any atom is -0.481 e. The highest BCUT2D eigenvalue weighted by atomic mass is 16.4. The standard InChI is InChI=1S/C12H13NO5/c1-7(14)13-9-4-2-8(3-5-11(15)16)10(6-9)12(17)18/h2,4,6H,3,5H2,1H3,(H,13,14)(H,15,16)(H,17,18). The molecular weight excluding hydrogens is 238 g/mol. The fourth-order valence-corrected chi connectivity index (χ4v) is 1.52. The van der Waals surface area contributed by atoms with Gasteiger partial charge in [0, 0.05) is 19.0 Å². The van der Waals surface area contributed by atoms with E-state index >= 15 is 0 Å². The molecule has 0 unspecified atom stereocenters. The Balaban J connectivity index is 3.00. The van der Waals surface area contributed by atoms with Crippen molar-refractivity contribution in [3.8, 4) is 0 Å². The van der Waals surface area contributed by atoms with E-state index in [4.69, 9.17) is 10.2 Å². The monoisotopic (exact) mass is 251 g/mol. The van der Waals surface area contributed by atoms with E-state index in [0.29, 0.717) is 11.3 Å². The van der Waals surface area contributed by atoms with Crippen LogP contribution in [0.5, 0.6) is 0 Å². The van der Waals surface area contributed by atoms with Crippen LogP contribution in [-0.4, -0.2) is 28.1 Å².